The molecule has 5 rings (SSSR count). The molecule has 0 N–H and O–H groups in total. The van der Waals surface area contributed by atoms with E-state index in [1.165, 1.54) is 0 Å². The van der Waals surface area contributed by atoms with Crippen LogP contribution >= 0.6 is 0 Å². The third-order valence-electron chi connectivity index (χ3n) is 5.12. The number of fused-ring (bicyclic) bond motifs is 4. The summed E-state index contributed by atoms with van der Waals surface area (Å²) in [5.74, 6) is 0. The van der Waals surface area contributed by atoms with E-state index in [2.05, 4.69) is 4.98 Å². The average Bonchev–Trinajstić information content (AvgIpc) is 3.04. The molecule has 140 valence electrons. The summed E-state index contributed by atoms with van der Waals surface area (Å²) in [6, 6.07) is 23.6. The molecular weight excluding hydrogens is 435 g/mol. The third kappa shape index (κ3) is 2.72. The van der Waals surface area contributed by atoms with Crippen molar-refractivity contribution in [1.29, 1.82) is 0 Å². The van der Waals surface area contributed by atoms with Crippen LogP contribution in [0.3, 0.4) is 0 Å². The van der Waals surface area contributed by atoms with Crippen molar-refractivity contribution in [2.75, 3.05) is 0 Å². The Morgan fingerprint density at radius 3 is 2.54 bits per heavy atom. The molecule has 1 atom stereocenters. The molecule has 2 heterocycles. The Kier molecular flexibility index (Phi) is 4.16. The minimum absolute atomic E-state index is 0.186. The monoisotopic (exact) mass is 454 g/mol. The van der Waals surface area contributed by atoms with Gasteiger partial charge in [-0.2, -0.15) is 0 Å². The van der Waals surface area contributed by atoms with Gasteiger partial charge in [0.1, 0.15) is 0 Å². The predicted octanol–water partition coefficient (Wildman–Crippen LogP) is 3.21. The van der Waals surface area contributed by atoms with Crippen LogP contribution in [0.1, 0.15) is 20.8 Å². The zero-order chi connectivity index (χ0) is 19.3. The maximum absolute atomic E-state index is 13.8. The maximum atomic E-state index is 13.8. The Morgan fingerprint density at radius 2 is 1.68 bits per heavy atom. The molecule has 4 aromatic rings. The van der Waals surface area contributed by atoms with Crippen LogP contribution in [-0.2, 0) is 16.4 Å². The van der Waals surface area contributed by atoms with Crippen LogP contribution in [0.25, 0.3) is 11.0 Å². The Balaban J connectivity index is 1.77. The summed E-state index contributed by atoms with van der Waals surface area (Å²) >= 11 is -0.270. The number of nitrogens with zero attached hydrogens (tertiary/aromatic N) is 2. The van der Waals surface area contributed by atoms with Gasteiger partial charge in [-0.25, -0.2) is 0 Å². The van der Waals surface area contributed by atoms with Gasteiger partial charge in [0.05, 0.1) is 0 Å². The van der Waals surface area contributed by atoms with E-state index < -0.39 is 14.0 Å². The van der Waals surface area contributed by atoms with Crippen LogP contribution < -0.4 is 4.46 Å². The van der Waals surface area contributed by atoms with Gasteiger partial charge in [-0.3, -0.25) is 0 Å². The van der Waals surface area contributed by atoms with Crippen molar-refractivity contribution in [1.82, 2.24) is 9.55 Å². The third-order valence-corrected chi connectivity index (χ3v) is 11.3. The second-order valence-corrected chi connectivity index (χ2v) is 11.9. The number of rotatable bonds is 2. The minimum atomic E-state index is -3.63. The van der Waals surface area contributed by atoms with Crippen molar-refractivity contribution in [3.63, 3.8) is 0 Å². The van der Waals surface area contributed by atoms with Gasteiger partial charge in [0.25, 0.3) is 0 Å². The molecule has 0 bridgehead atoms. The van der Waals surface area contributed by atoms with Gasteiger partial charge < -0.3 is 0 Å². The topological polar surface area (TPSA) is 52.0 Å². The van der Waals surface area contributed by atoms with Gasteiger partial charge in [0, 0.05) is 0 Å². The normalized spacial score (nSPS) is 17.7. The first kappa shape index (κ1) is 17.7. The number of imidazole rings is 1. The summed E-state index contributed by atoms with van der Waals surface area (Å²) in [4.78, 5) is 4.55. The molecule has 0 saturated heterocycles. The molecule has 1 unspecified atom stereocenters. The Morgan fingerprint density at radius 1 is 0.964 bits per heavy atom. The first-order valence-corrected chi connectivity index (χ1v) is 12.4. The average molecular weight is 453 g/mol. The molecular formula is C22H18N2O2SSe. The first-order chi connectivity index (χ1) is 13.6. The summed E-state index contributed by atoms with van der Waals surface area (Å²) < 4.78 is 30.0. The molecule has 0 saturated carbocycles. The van der Waals surface area contributed by atoms with E-state index in [1.807, 2.05) is 84.3 Å². The number of aryl methyl sites for hydroxylation is 1. The van der Waals surface area contributed by atoms with Gasteiger partial charge in [-0.15, -0.1) is 0 Å². The Labute approximate surface area is 170 Å². The molecule has 28 heavy (non-hydrogen) atoms. The van der Waals surface area contributed by atoms with Gasteiger partial charge in [0.2, 0.25) is 0 Å². The fourth-order valence-electron chi connectivity index (χ4n) is 3.70. The Bertz CT molecular complexity index is 1310. The molecule has 6 heteroatoms. The fourth-order valence-corrected chi connectivity index (χ4v) is 9.25. The summed E-state index contributed by atoms with van der Waals surface area (Å²) in [5, 5.41) is 0.186. The quantitative estimate of drug-likeness (QED) is 0.438. The van der Waals surface area contributed by atoms with E-state index in [9.17, 15) is 8.42 Å². The van der Waals surface area contributed by atoms with Crippen LogP contribution in [0.5, 0.6) is 0 Å². The number of para-hydroxylation sites is 2. The van der Waals surface area contributed by atoms with E-state index in [-0.39, 0.29) is 20.1 Å². The number of hydrogen-bond donors (Lipinski definition) is 0. The standard InChI is InChI=1S/C22H18N2O2SSe/c1-15-8-2-7-13-20(15)28-21-17-10-4-3-9-16(17)14-24-19-12-6-5-11-18(19)23-22(24)27(21,25)26/h2-13,21H,14H2,1H3. The second-order valence-electron chi connectivity index (χ2n) is 6.93. The first-order valence-electron chi connectivity index (χ1n) is 9.05. The van der Waals surface area contributed by atoms with Crippen LogP contribution in [0.2, 0.25) is 0 Å². The van der Waals surface area contributed by atoms with Crippen LogP contribution in [0.15, 0.2) is 78.0 Å². The molecule has 0 spiro atoms. The second kappa shape index (κ2) is 6.59. The molecule has 1 aliphatic rings. The van der Waals surface area contributed by atoms with E-state index in [0.29, 0.717) is 6.54 Å². The summed E-state index contributed by atoms with van der Waals surface area (Å²) in [6.07, 6.45) is 0. The summed E-state index contributed by atoms with van der Waals surface area (Å²) in [7, 11) is -3.63. The van der Waals surface area contributed by atoms with Crippen LogP contribution in [0.4, 0.5) is 0 Å². The van der Waals surface area contributed by atoms with E-state index >= 15 is 0 Å². The molecule has 4 nitrogen and oxygen atoms in total. The van der Waals surface area contributed by atoms with Gasteiger partial charge >= 0.3 is 171 Å². The molecule has 0 amide bonds. The van der Waals surface area contributed by atoms with E-state index in [0.717, 1.165) is 32.2 Å². The molecule has 0 aliphatic carbocycles. The van der Waals surface area contributed by atoms with Crippen molar-refractivity contribution in [3.8, 4) is 0 Å². The fraction of sp³-hybridized carbons (Fsp3) is 0.136. The van der Waals surface area contributed by atoms with Crippen molar-refractivity contribution < 1.29 is 8.42 Å². The van der Waals surface area contributed by atoms with E-state index in [4.69, 9.17) is 0 Å². The molecule has 0 radical (unpaired) electrons. The van der Waals surface area contributed by atoms with Gasteiger partial charge in [0.15, 0.2) is 0 Å². The summed E-state index contributed by atoms with van der Waals surface area (Å²) in [5.41, 5.74) is 4.67. The predicted molar refractivity (Wildman–Crippen MR) is 112 cm³/mol. The number of aromatic nitrogens is 2. The number of hydrogen-bond acceptors (Lipinski definition) is 3. The van der Waals surface area contributed by atoms with Gasteiger partial charge in [-0.05, 0) is 0 Å². The summed E-state index contributed by atoms with van der Waals surface area (Å²) in [6.45, 7) is 2.56. The molecule has 0 fully saturated rings. The van der Waals surface area contributed by atoms with Crippen LogP contribution in [-0.4, -0.2) is 32.9 Å². The zero-order valence-corrected chi connectivity index (χ0v) is 17.8. The zero-order valence-electron chi connectivity index (χ0n) is 15.2. The SMILES string of the molecule is Cc1ccccc1[Se]C1c2ccccc2Cn2c(nc3ccccc32)S1(=O)=O. The Hall–Kier alpha value is -2.40. The molecule has 1 aliphatic heterocycles. The van der Waals surface area contributed by atoms with Crippen molar-refractivity contribution in [2.24, 2.45) is 0 Å². The van der Waals surface area contributed by atoms with Crippen molar-refractivity contribution in [3.05, 3.63) is 89.5 Å². The van der Waals surface area contributed by atoms with Crippen LogP contribution in [0, 0.1) is 6.92 Å². The molecule has 3 aromatic carbocycles. The van der Waals surface area contributed by atoms with Crippen molar-refractivity contribution >= 4 is 40.3 Å². The van der Waals surface area contributed by atoms with Gasteiger partial charge in [-0.1, -0.05) is 0 Å². The number of benzene rings is 3. The van der Waals surface area contributed by atoms with E-state index in [1.54, 1.807) is 0 Å². The number of sulfone groups is 1. The molecule has 1 aromatic heterocycles. The van der Waals surface area contributed by atoms with Crippen molar-refractivity contribution in [2.45, 2.75) is 22.8 Å².